The summed E-state index contributed by atoms with van der Waals surface area (Å²) in [5, 5.41) is 8.51. The monoisotopic (exact) mass is 348 g/mol. The highest BCUT2D eigenvalue weighted by atomic mass is 16.5. The lowest BCUT2D eigenvalue weighted by Gasteiger charge is -2.40. The highest BCUT2D eigenvalue weighted by Gasteiger charge is 2.28. The van der Waals surface area contributed by atoms with Crippen LogP contribution in [0.3, 0.4) is 0 Å². The number of anilines is 2. The molecule has 1 saturated heterocycles. The number of amides is 3. The molecule has 0 aromatic heterocycles. The Labute approximate surface area is 149 Å². The number of morpholine rings is 1. The van der Waals surface area contributed by atoms with Crippen molar-refractivity contribution in [1.29, 1.82) is 0 Å². The van der Waals surface area contributed by atoms with Crippen molar-refractivity contribution in [3.8, 4) is 0 Å². The quantitative estimate of drug-likeness (QED) is 0.762. The van der Waals surface area contributed by atoms with Gasteiger partial charge in [0.25, 0.3) is 0 Å². The first kappa shape index (κ1) is 19.2. The van der Waals surface area contributed by atoms with E-state index in [1.165, 1.54) is 6.92 Å². The molecule has 0 saturated carbocycles. The first-order chi connectivity index (χ1) is 11.8. The number of nitrogens with one attached hydrogen (secondary N) is 3. The summed E-state index contributed by atoms with van der Waals surface area (Å²) in [6, 6.07) is 5.16. The molecule has 1 aliphatic rings. The Morgan fingerprint density at radius 1 is 1.20 bits per heavy atom. The van der Waals surface area contributed by atoms with Gasteiger partial charge in [-0.15, -0.1) is 0 Å². The summed E-state index contributed by atoms with van der Waals surface area (Å²) in [7, 11) is 0. The molecule has 1 aromatic carbocycles. The summed E-state index contributed by atoms with van der Waals surface area (Å²) in [4.78, 5) is 25.8. The van der Waals surface area contributed by atoms with Crippen molar-refractivity contribution in [2.75, 3.05) is 43.5 Å². The molecule has 7 nitrogen and oxygen atoms in total. The maximum absolute atomic E-state index is 12.3. The molecule has 0 unspecified atom stereocenters. The molecule has 2 rings (SSSR count). The Kier molecular flexibility index (Phi) is 6.39. The summed E-state index contributed by atoms with van der Waals surface area (Å²) in [6.07, 6.45) is 0. The van der Waals surface area contributed by atoms with E-state index < -0.39 is 0 Å². The van der Waals surface area contributed by atoms with Gasteiger partial charge in [0, 0.05) is 43.5 Å². The van der Waals surface area contributed by atoms with Gasteiger partial charge in [0.2, 0.25) is 5.91 Å². The van der Waals surface area contributed by atoms with Gasteiger partial charge in [-0.25, -0.2) is 4.79 Å². The predicted molar refractivity (Wildman–Crippen MR) is 99.0 cm³/mol. The average Bonchev–Trinajstić information content (AvgIpc) is 2.56. The third-order valence-electron chi connectivity index (χ3n) is 4.35. The van der Waals surface area contributed by atoms with E-state index in [9.17, 15) is 9.59 Å². The highest BCUT2D eigenvalue weighted by Crippen LogP contribution is 2.20. The van der Waals surface area contributed by atoms with Crippen LogP contribution in [-0.4, -0.2) is 55.2 Å². The van der Waals surface area contributed by atoms with E-state index in [1.807, 2.05) is 13.0 Å². The average molecular weight is 348 g/mol. The molecule has 0 bridgehead atoms. The second-order valence-corrected chi connectivity index (χ2v) is 6.93. The Balaban J connectivity index is 1.92. The number of carbonyl (C=O) groups is 2. The first-order valence-corrected chi connectivity index (χ1v) is 8.54. The minimum Gasteiger partial charge on any atom is -0.379 e. The molecule has 7 heteroatoms. The zero-order valence-electron chi connectivity index (χ0n) is 15.4. The third kappa shape index (κ3) is 5.72. The van der Waals surface area contributed by atoms with Crippen molar-refractivity contribution in [3.63, 3.8) is 0 Å². The summed E-state index contributed by atoms with van der Waals surface area (Å²) in [5.74, 6) is -0.147. The number of hydrogen-bond donors (Lipinski definition) is 3. The number of ether oxygens (including phenoxy) is 1. The molecule has 0 radical (unpaired) electrons. The van der Waals surface area contributed by atoms with Crippen LogP contribution in [0.1, 0.15) is 26.3 Å². The minimum atomic E-state index is -0.260. The topological polar surface area (TPSA) is 82.7 Å². The van der Waals surface area contributed by atoms with E-state index in [4.69, 9.17) is 4.74 Å². The van der Waals surface area contributed by atoms with Gasteiger partial charge < -0.3 is 20.7 Å². The molecule has 0 spiro atoms. The van der Waals surface area contributed by atoms with E-state index in [0.29, 0.717) is 17.9 Å². The second-order valence-electron chi connectivity index (χ2n) is 6.93. The Morgan fingerprint density at radius 3 is 2.52 bits per heavy atom. The molecule has 138 valence electrons. The summed E-state index contributed by atoms with van der Waals surface area (Å²) in [5.41, 5.74) is 2.11. The Hall–Kier alpha value is -2.12. The molecule has 25 heavy (non-hydrogen) atoms. The predicted octanol–water partition coefficient (Wildman–Crippen LogP) is 2.19. The standard InChI is InChI=1S/C18H28N4O3/c1-13-5-6-15(20-14(2)23)11-16(13)21-17(24)19-12-18(3,4)22-7-9-25-10-8-22/h5-6,11H,7-10,12H2,1-4H3,(H,20,23)(H2,19,21,24). The summed E-state index contributed by atoms with van der Waals surface area (Å²) >= 11 is 0. The maximum Gasteiger partial charge on any atom is 0.319 e. The van der Waals surface area contributed by atoms with Crippen LogP contribution >= 0.6 is 0 Å². The summed E-state index contributed by atoms with van der Waals surface area (Å²) < 4.78 is 5.38. The number of urea groups is 1. The third-order valence-corrected chi connectivity index (χ3v) is 4.35. The van der Waals surface area contributed by atoms with Gasteiger partial charge in [-0.1, -0.05) is 6.07 Å². The van der Waals surface area contributed by atoms with Gasteiger partial charge in [0.1, 0.15) is 0 Å². The van der Waals surface area contributed by atoms with E-state index in [1.54, 1.807) is 12.1 Å². The van der Waals surface area contributed by atoms with Gasteiger partial charge in [-0.3, -0.25) is 9.69 Å². The van der Waals surface area contributed by atoms with Gasteiger partial charge in [0.05, 0.1) is 13.2 Å². The number of benzene rings is 1. The second kappa shape index (κ2) is 8.31. The highest BCUT2D eigenvalue weighted by molar-refractivity contribution is 5.93. The van der Waals surface area contributed by atoms with Crippen molar-refractivity contribution in [2.45, 2.75) is 33.2 Å². The number of rotatable bonds is 5. The van der Waals surface area contributed by atoms with Gasteiger partial charge in [-0.2, -0.15) is 0 Å². The van der Waals surface area contributed by atoms with Crippen LogP contribution in [0.15, 0.2) is 18.2 Å². The molecule has 0 atom stereocenters. The molecule has 1 aromatic rings. The molecule has 3 amide bonds. The summed E-state index contributed by atoms with van der Waals surface area (Å²) in [6.45, 7) is 11.3. The van der Waals surface area contributed by atoms with Crippen molar-refractivity contribution in [2.24, 2.45) is 0 Å². The van der Waals surface area contributed by atoms with E-state index in [0.717, 1.165) is 31.9 Å². The molecule has 0 aliphatic carbocycles. The number of hydrogen-bond acceptors (Lipinski definition) is 4. The van der Waals surface area contributed by atoms with Gasteiger partial charge >= 0.3 is 6.03 Å². The minimum absolute atomic E-state index is 0.145. The number of nitrogens with zero attached hydrogens (tertiary/aromatic N) is 1. The van der Waals surface area contributed by atoms with Crippen LogP contribution in [0, 0.1) is 6.92 Å². The maximum atomic E-state index is 12.3. The van der Waals surface area contributed by atoms with Crippen molar-refractivity contribution < 1.29 is 14.3 Å². The molecule has 1 heterocycles. The molecular formula is C18H28N4O3. The molecule has 1 fully saturated rings. The van der Waals surface area contributed by atoms with Crippen LogP contribution < -0.4 is 16.0 Å². The normalized spacial score (nSPS) is 15.5. The van der Waals surface area contributed by atoms with E-state index >= 15 is 0 Å². The lowest BCUT2D eigenvalue weighted by molar-refractivity contribution is -0.114. The SMILES string of the molecule is CC(=O)Nc1ccc(C)c(NC(=O)NCC(C)(C)N2CCOCC2)c1. The first-order valence-electron chi connectivity index (χ1n) is 8.54. The van der Waals surface area contributed by atoms with Crippen LogP contribution in [-0.2, 0) is 9.53 Å². The Bertz CT molecular complexity index is 625. The fraction of sp³-hybridized carbons (Fsp3) is 0.556. The Morgan fingerprint density at radius 2 is 1.88 bits per heavy atom. The molecular weight excluding hydrogens is 320 g/mol. The van der Waals surface area contributed by atoms with Crippen LogP contribution in [0.25, 0.3) is 0 Å². The van der Waals surface area contributed by atoms with Crippen LogP contribution in [0.2, 0.25) is 0 Å². The lowest BCUT2D eigenvalue weighted by Crippen LogP contribution is -2.55. The van der Waals surface area contributed by atoms with Crippen LogP contribution in [0.4, 0.5) is 16.2 Å². The molecule has 1 aliphatic heterocycles. The smallest absolute Gasteiger partial charge is 0.319 e. The van der Waals surface area contributed by atoms with Crippen molar-refractivity contribution in [3.05, 3.63) is 23.8 Å². The largest absolute Gasteiger partial charge is 0.379 e. The van der Waals surface area contributed by atoms with Crippen molar-refractivity contribution >= 4 is 23.3 Å². The number of carbonyl (C=O) groups excluding carboxylic acids is 2. The van der Waals surface area contributed by atoms with E-state index in [-0.39, 0.29) is 17.5 Å². The van der Waals surface area contributed by atoms with Gasteiger partial charge in [0.15, 0.2) is 0 Å². The van der Waals surface area contributed by atoms with E-state index in [2.05, 4.69) is 34.7 Å². The van der Waals surface area contributed by atoms with Crippen LogP contribution in [0.5, 0.6) is 0 Å². The van der Waals surface area contributed by atoms with Gasteiger partial charge in [-0.05, 0) is 38.5 Å². The zero-order chi connectivity index (χ0) is 18.4. The zero-order valence-corrected chi connectivity index (χ0v) is 15.4. The lowest BCUT2D eigenvalue weighted by atomic mass is 10.0. The number of aryl methyl sites for hydroxylation is 1. The fourth-order valence-corrected chi connectivity index (χ4v) is 2.78. The van der Waals surface area contributed by atoms with Crippen molar-refractivity contribution in [1.82, 2.24) is 10.2 Å². The molecule has 3 N–H and O–H groups in total. The fourth-order valence-electron chi connectivity index (χ4n) is 2.78.